The van der Waals surface area contributed by atoms with Gasteiger partial charge in [0.2, 0.25) is 5.91 Å². The Bertz CT molecular complexity index is 926. The number of hydrogen-bond acceptors (Lipinski definition) is 3. The van der Waals surface area contributed by atoms with Gasteiger partial charge in [0.25, 0.3) is 0 Å². The van der Waals surface area contributed by atoms with Crippen LogP contribution in [0.5, 0.6) is 11.5 Å². The lowest BCUT2D eigenvalue weighted by Gasteiger charge is -2.08. The summed E-state index contributed by atoms with van der Waals surface area (Å²) in [5.41, 5.74) is 1.56. The Labute approximate surface area is 146 Å². The zero-order valence-corrected chi connectivity index (χ0v) is 14.2. The number of rotatable bonds is 5. The highest BCUT2D eigenvalue weighted by molar-refractivity contribution is 6.07. The molecule has 0 bridgehead atoms. The largest absolute Gasteiger partial charge is 0.497 e. The van der Waals surface area contributed by atoms with Crippen molar-refractivity contribution in [1.29, 1.82) is 0 Å². The molecular formula is C21H19NO3. The number of ether oxygens (including phenoxy) is 2. The molecule has 1 N–H and O–H groups in total. The lowest BCUT2D eigenvalue weighted by molar-refractivity contribution is -0.111. The number of benzene rings is 3. The molecule has 0 heterocycles. The molecule has 0 aliphatic heterocycles. The lowest BCUT2D eigenvalue weighted by atomic mass is 10.1. The number of anilines is 1. The van der Waals surface area contributed by atoms with Gasteiger partial charge < -0.3 is 14.8 Å². The van der Waals surface area contributed by atoms with Crippen LogP contribution in [0.15, 0.2) is 66.7 Å². The monoisotopic (exact) mass is 333 g/mol. The molecular weight excluding hydrogens is 314 g/mol. The van der Waals surface area contributed by atoms with E-state index < -0.39 is 0 Å². The number of fused-ring (bicyclic) bond motifs is 1. The lowest BCUT2D eigenvalue weighted by Crippen LogP contribution is -2.08. The van der Waals surface area contributed by atoms with Gasteiger partial charge in [-0.3, -0.25) is 4.79 Å². The zero-order chi connectivity index (χ0) is 17.6. The molecule has 0 fully saturated rings. The van der Waals surface area contributed by atoms with Crippen LogP contribution >= 0.6 is 0 Å². The minimum absolute atomic E-state index is 0.207. The van der Waals surface area contributed by atoms with Gasteiger partial charge in [0.15, 0.2) is 0 Å². The fourth-order valence-corrected chi connectivity index (χ4v) is 2.64. The van der Waals surface area contributed by atoms with Gasteiger partial charge >= 0.3 is 0 Å². The average molecular weight is 333 g/mol. The molecule has 126 valence electrons. The van der Waals surface area contributed by atoms with E-state index >= 15 is 0 Å². The maximum absolute atomic E-state index is 12.3. The van der Waals surface area contributed by atoms with E-state index in [1.807, 2.05) is 54.6 Å². The van der Waals surface area contributed by atoms with Gasteiger partial charge in [0.1, 0.15) is 11.5 Å². The molecule has 4 nitrogen and oxygen atoms in total. The Morgan fingerprint density at radius 3 is 2.56 bits per heavy atom. The first-order chi connectivity index (χ1) is 12.2. The van der Waals surface area contributed by atoms with E-state index in [-0.39, 0.29) is 5.91 Å². The van der Waals surface area contributed by atoms with Crippen LogP contribution in [0.4, 0.5) is 5.69 Å². The topological polar surface area (TPSA) is 47.6 Å². The first kappa shape index (κ1) is 16.6. The standard InChI is InChI=1S/C21H19NO3/c1-24-17-11-12-20(25-2)16(14-17)10-13-21(23)22-19-9-5-7-15-6-3-4-8-18(15)19/h3-14H,1-2H3,(H,22,23)/b13-10+. The van der Waals surface area contributed by atoms with Crippen molar-refractivity contribution >= 4 is 28.4 Å². The van der Waals surface area contributed by atoms with Gasteiger partial charge in [0, 0.05) is 22.7 Å². The molecule has 4 heteroatoms. The predicted octanol–water partition coefficient (Wildman–Crippen LogP) is 4.51. The zero-order valence-electron chi connectivity index (χ0n) is 14.2. The van der Waals surface area contributed by atoms with E-state index in [0.717, 1.165) is 22.0 Å². The van der Waals surface area contributed by atoms with Crippen LogP contribution in [0.25, 0.3) is 16.8 Å². The van der Waals surface area contributed by atoms with Crippen LogP contribution in [-0.4, -0.2) is 20.1 Å². The second-order valence-electron chi connectivity index (χ2n) is 5.46. The van der Waals surface area contributed by atoms with E-state index in [2.05, 4.69) is 5.32 Å². The Morgan fingerprint density at radius 2 is 1.76 bits per heavy atom. The van der Waals surface area contributed by atoms with Crippen LogP contribution in [0.1, 0.15) is 5.56 Å². The molecule has 3 aromatic carbocycles. The molecule has 1 amide bonds. The van der Waals surface area contributed by atoms with Gasteiger partial charge in [0.05, 0.1) is 14.2 Å². The van der Waals surface area contributed by atoms with Gasteiger partial charge in [-0.05, 0) is 35.7 Å². The maximum atomic E-state index is 12.3. The quantitative estimate of drug-likeness (QED) is 0.699. The van der Waals surface area contributed by atoms with Crippen molar-refractivity contribution in [3.8, 4) is 11.5 Å². The first-order valence-electron chi connectivity index (χ1n) is 7.90. The summed E-state index contributed by atoms with van der Waals surface area (Å²) in [6.45, 7) is 0. The van der Waals surface area contributed by atoms with E-state index in [1.54, 1.807) is 26.4 Å². The van der Waals surface area contributed by atoms with Crippen LogP contribution in [-0.2, 0) is 4.79 Å². The number of amides is 1. The van der Waals surface area contributed by atoms with Gasteiger partial charge in [-0.15, -0.1) is 0 Å². The summed E-state index contributed by atoms with van der Waals surface area (Å²) in [6, 6.07) is 19.2. The highest BCUT2D eigenvalue weighted by atomic mass is 16.5. The third-order valence-corrected chi connectivity index (χ3v) is 3.90. The molecule has 0 aliphatic rings. The summed E-state index contributed by atoms with van der Waals surface area (Å²) in [5, 5.41) is 5.01. The molecule has 0 radical (unpaired) electrons. The number of methoxy groups -OCH3 is 2. The van der Waals surface area contributed by atoms with Crippen LogP contribution in [0.3, 0.4) is 0 Å². The Morgan fingerprint density at radius 1 is 0.960 bits per heavy atom. The van der Waals surface area contributed by atoms with Gasteiger partial charge in [-0.1, -0.05) is 36.4 Å². The fraction of sp³-hybridized carbons (Fsp3) is 0.0952. The van der Waals surface area contributed by atoms with E-state index in [9.17, 15) is 4.79 Å². The van der Waals surface area contributed by atoms with Crippen molar-refractivity contribution in [3.63, 3.8) is 0 Å². The molecule has 3 aromatic rings. The second-order valence-corrected chi connectivity index (χ2v) is 5.46. The SMILES string of the molecule is COc1ccc(OC)c(/C=C/C(=O)Nc2cccc3ccccc23)c1. The molecule has 0 aliphatic carbocycles. The Balaban J connectivity index is 1.81. The van der Waals surface area contributed by atoms with Crippen molar-refractivity contribution in [3.05, 3.63) is 72.3 Å². The van der Waals surface area contributed by atoms with E-state index in [4.69, 9.17) is 9.47 Å². The van der Waals surface area contributed by atoms with Crippen molar-refractivity contribution < 1.29 is 14.3 Å². The van der Waals surface area contributed by atoms with Crippen LogP contribution in [0.2, 0.25) is 0 Å². The maximum Gasteiger partial charge on any atom is 0.248 e. The highest BCUT2D eigenvalue weighted by Gasteiger charge is 2.05. The van der Waals surface area contributed by atoms with Crippen molar-refractivity contribution in [2.45, 2.75) is 0 Å². The fourth-order valence-electron chi connectivity index (χ4n) is 2.64. The number of hydrogen-bond donors (Lipinski definition) is 1. The molecule has 0 aromatic heterocycles. The Kier molecular flexibility index (Phi) is 5.00. The summed E-state index contributed by atoms with van der Waals surface area (Å²) in [6.07, 6.45) is 3.20. The second kappa shape index (κ2) is 7.53. The minimum atomic E-state index is -0.207. The molecule has 0 saturated carbocycles. The van der Waals surface area contributed by atoms with E-state index in [0.29, 0.717) is 11.5 Å². The molecule has 0 spiro atoms. The predicted molar refractivity (Wildman–Crippen MR) is 101 cm³/mol. The van der Waals surface area contributed by atoms with E-state index in [1.165, 1.54) is 6.08 Å². The van der Waals surface area contributed by atoms with Crippen molar-refractivity contribution in [2.24, 2.45) is 0 Å². The molecule has 25 heavy (non-hydrogen) atoms. The summed E-state index contributed by atoms with van der Waals surface area (Å²) >= 11 is 0. The third-order valence-electron chi connectivity index (χ3n) is 3.90. The number of nitrogens with one attached hydrogen (secondary N) is 1. The summed E-state index contributed by atoms with van der Waals surface area (Å²) in [7, 11) is 3.19. The molecule has 3 rings (SSSR count). The minimum Gasteiger partial charge on any atom is -0.497 e. The molecule has 0 unspecified atom stereocenters. The highest BCUT2D eigenvalue weighted by Crippen LogP contribution is 2.26. The average Bonchev–Trinajstić information content (AvgIpc) is 2.66. The van der Waals surface area contributed by atoms with Crippen molar-refractivity contribution in [2.75, 3.05) is 19.5 Å². The Hall–Kier alpha value is -3.27. The normalized spacial score (nSPS) is 10.8. The molecule has 0 saturated heterocycles. The summed E-state index contributed by atoms with van der Waals surface area (Å²) < 4.78 is 10.5. The number of carbonyl (C=O) groups is 1. The summed E-state index contributed by atoms with van der Waals surface area (Å²) in [5.74, 6) is 1.17. The van der Waals surface area contributed by atoms with Gasteiger partial charge in [-0.25, -0.2) is 0 Å². The van der Waals surface area contributed by atoms with Crippen LogP contribution < -0.4 is 14.8 Å². The van der Waals surface area contributed by atoms with Crippen molar-refractivity contribution in [1.82, 2.24) is 0 Å². The smallest absolute Gasteiger partial charge is 0.248 e. The number of carbonyl (C=O) groups excluding carboxylic acids is 1. The third kappa shape index (κ3) is 3.80. The van der Waals surface area contributed by atoms with Gasteiger partial charge in [-0.2, -0.15) is 0 Å². The van der Waals surface area contributed by atoms with Crippen LogP contribution in [0, 0.1) is 0 Å². The first-order valence-corrected chi connectivity index (χ1v) is 7.90. The molecule has 0 atom stereocenters. The summed E-state index contributed by atoms with van der Waals surface area (Å²) in [4.78, 5) is 12.3.